The molecule has 0 atom stereocenters. The number of hydrogen-bond acceptors (Lipinski definition) is 4. The predicted molar refractivity (Wildman–Crippen MR) is 93.4 cm³/mol. The number of carboxylic acid groups (broad SMARTS) is 1. The van der Waals surface area contributed by atoms with E-state index in [1.165, 1.54) is 30.3 Å². The van der Waals surface area contributed by atoms with E-state index in [1.807, 2.05) is 0 Å². The quantitative estimate of drug-likeness (QED) is 0.712. The van der Waals surface area contributed by atoms with Crippen molar-refractivity contribution in [3.8, 4) is 11.5 Å². The summed E-state index contributed by atoms with van der Waals surface area (Å²) < 4.78 is 48.2. The number of carbonyl (C=O) groups is 2. The second-order valence-corrected chi connectivity index (χ2v) is 5.65. The minimum atomic E-state index is -4.41. The molecule has 0 aliphatic carbocycles. The van der Waals surface area contributed by atoms with Gasteiger partial charge in [-0.2, -0.15) is 13.2 Å². The van der Waals surface area contributed by atoms with Crippen LogP contribution in [0.5, 0.6) is 11.5 Å². The summed E-state index contributed by atoms with van der Waals surface area (Å²) >= 11 is 0. The summed E-state index contributed by atoms with van der Waals surface area (Å²) in [5.74, 6) is -1.22. The number of benzene rings is 2. The lowest BCUT2D eigenvalue weighted by Gasteiger charge is -2.13. The molecule has 0 heterocycles. The molecule has 0 bridgehead atoms. The third kappa shape index (κ3) is 5.90. The lowest BCUT2D eigenvalue weighted by molar-refractivity contribution is -0.139. The highest BCUT2D eigenvalue weighted by atomic mass is 19.4. The van der Waals surface area contributed by atoms with E-state index < -0.39 is 30.2 Å². The highest BCUT2D eigenvalue weighted by Crippen LogP contribution is 2.30. The Morgan fingerprint density at radius 2 is 1.71 bits per heavy atom. The van der Waals surface area contributed by atoms with E-state index in [9.17, 15) is 22.8 Å². The molecular formula is C19H18F3NO5. The highest BCUT2D eigenvalue weighted by Gasteiger charge is 2.29. The van der Waals surface area contributed by atoms with Gasteiger partial charge in [-0.05, 0) is 42.8 Å². The summed E-state index contributed by atoms with van der Waals surface area (Å²) in [6.07, 6.45) is -4.41. The Balaban J connectivity index is 2.05. The van der Waals surface area contributed by atoms with Crippen molar-refractivity contribution in [2.45, 2.75) is 19.6 Å². The van der Waals surface area contributed by atoms with Gasteiger partial charge in [-0.3, -0.25) is 4.79 Å². The van der Waals surface area contributed by atoms with Crippen molar-refractivity contribution in [3.05, 3.63) is 59.2 Å². The number of alkyl halides is 3. The van der Waals surface area contributed by atoms with E-state index in [0.29, 0.717) is 5.56 Å². The molecule has 0 aliphatic rings. The van der Waals surface area contributed by atoms with Crippen molar-refractivity contribution in [2.24, 2.45) is 0 Å². The zero-order valence-corrected chi connectivity index (χ0v) is 14.9. The van der Waals surface area contributed by atoms with Gasteiger partial charge in [0.15, 0.2) is 18.1 Å². The molecule has 1 amide bonds. The summed E-state index contributed by atoms with van der Waals surface area (Å²) in [7, 11) is 0. The Kier molecular flexibility index (Phi) is 6.86. The fourth-order valence-electron chi connectivity index (χ4n) is 2.27. The van der Waals surface area contributed by atoms with Gasteiger partial charge >= 0.3 is 12.1 Å². The molecule has 2 N–H and O–H groups in total. The third-order valence-corrected chi connectivity index (χ3v) is 3.59. The van der Waals surface area contributed by atoms with Crippen LogP contribution < -0.4 is 14.8 Å². The number of rotatable bonds is 8. The lowest BCUT2D eigenvalue weighted by Crippen LogP contribution is -2.23. The molecule has 0 saturated carbocycles. The SMILES string of the molecule is CCOc1cc(C(=O)NCc2ccc(C(F)(F)F)cc2)ccc1OCC(=O)O. The molecule has 0 radical (unpaired) electrons. The van der Waals surface area contributed by atoms with E-state index >= 15 is 0 Å². The first kappa shape index (κ1) is 21.1. The van der Waals surface area contributed by atoms with E-state index in [0.717, 1.165) is 12.1 Å². The van der Waals surface area contributed by atoms with Gasteiger partial charge in [0.05, 0.1) is 12.2 Å². The van der Waals surface area contributed by atoms with Crippen LogP contribution in [0.25, 0.3) is 0 Å². The summed E-state index contributed by atoms with van der Waals surface area (Å²) in [5, 5.41) is 11.3. The smallest absolute Gasteiger partial charge is 0.416 e. The zero-order valence-electron chi connectivity index (χ0n) is 14.9. The second-order valence-electron chi connectivity index (χ2n) is 5.65. The number of aliphatic carboxylic acids is 1. The molecule has 6 nitrogen and oxygen atoms in total. The molecule has 0 unspecified atom stereocenters. The summed E-state index contributed by atoms with van der Waals surface area (Å²) in [6.45, 7) is 1.48. The number of amides is 1. The molecule has 0 aliphatic heterocycles. The number of hydrogen-bond donors (Lipinski definition) is 2. The standard InChI is InChI=1S/C19H18F3NO5/c1-2-27-16-9-13(5-8-15(16)28-11-17(24)25)18(26)23-10-12-3-6-14(7-4-12)19(20,21)22/h3-9H,2,10-11H2,1H3,(H,23,26)(H,24,25). The van der Waals surface area contributed by atoms with Crippen LogP contribution in [0.4, 0.5) is 13.2 Å². The average molecular weight is 397 g/mol. The van der Waals surface area contributed by atoms with Gasteiger partial charge in [-0.1, -0.05) is 12.1 Å². The van der Waals surface area contributed by atoms with Crippen LogP contribution in [-0.2, 0) is 17.5 Å². The van der Waals surface area contributed by atoms with Gasteiger partial charge in [-0.15, -0.1) is 0 Å². The number of ether oxygens (including phenoxy) is 2. The molecule has 2 rings (SSSR count). The molecule has 28 heavy (non-hydrogen) atoms. The molecule has 0 saturated heterocycles. The van der Waals surface area contributed by atoms with Crippen LogP contribution in [0.3, 0.4) is 0 Å². The van der Waals surface area contributed by atoms with Gasteiger partial charge < -0.3 is 19.9 Å². The Labute approximate surface area is 158 Å². The molecule has 9 heteroatoms. The fourth-order valence-corrected chi connectivity index (χ4v) is 2.27. The van der Waals surface area contributed by atoms with Crippen molar-refractivity contribution >= 4 is 11.9 Å². The number of halogens is 3. The van der Waals surface area contributed by atoms with Gasteiger partial charge in [0.1, 0.15) is 0 Å². The van der Waals surface area contributed by atoms with Gasteiger partial charge in [0.2, 0.25) is 0 Å². The molecule has 2 aromatic carbocycles. The average Bonchev–Trinajstić information content (AvgIpc) is 2.64. The Morgan fingerprint density at radius 1 is 1.04 bits per heavy atom. The van der Waals surface area contributed by atoms with Crippen molar-refractivity contribution in [1.82, 2.24) is 5.32 Å². The van der Waals surface area contributed by atoms with Crippen molar-refractivity contribution in [2.75, 3.05) is 13.2 Å². The van der Waals surface area contributed by atoms with Crippen LogP contribution in [0.2, 0.25) is 0 Å². The summed E-state index contributed by atoms with van der Waals surface area (Å²) in [5.41, 5.74) is -0.0216. The zero-order chi connectivity index (χ0) is 20.7. The van der Waals surface area contributed by atoms with Crippen LogP contribution in [0.15, 0.2) is 42.5 Å². The fraction of sp³-hybridized carbons (Fsp3) is 0.263. The molecule has 0 fully saturated rings. The van der Waals surface area contributed by atoms with Crippen LogP contribution in [-0.4, -0.2) is 30.2 Å². The second kappa shape index (κ2) is 9.12. The van der Waals surface area contributed by atoms with Gasteiger partial charge in [-0.25, -0.2) is 4.79 Å². The topological polar surface area (TPSA) is 84.9 Å². The highest BCUT2D eigenvalue weighted by molar-refractivity contribution is 5.94. The minimum Gasteiger partial charge on any atom is -0.490 e. The van der Waals surface area contributed by atoms with Crippen LogP contribution >= 0.6 is 0 Å². The van der Waals surface area contributed by atoms with Gasteiger partial charge in [0, 0.05) is 12.1 Å². The van der Waals surface area contributed by atoms with Crippen molar-refractivity contribution < 1.29 is 37.3 Å². The lowest BCUT2D eigenvalue weighted by atomic mass is 10.1. The molecule has 0 spiro atoms. The van der Waals surface area contributed by atoms with Gasteiger partial charge in [0.25, 0.3) is 5.91 Å². The Morgan fingerprint density at radius 3 is 2.29 bits per heavy atom. The van der Waals surface area contributed by atoms with Crippen LogP contribution in [0, 0.1) is 0 Å². The molecule has 0 aromatic heterocycles. The number of nitrogens with one attached hydrogen (secondary N) is 1. The van der Waals surface area contributed by atoms with E-state index in [1.54, 1.807) is 6.92 Å². The minimum absolute atomic E-state index is 0.0399. The third-order valence-electron chi connectivity index (χ3n) is 3.59. The maximum atomic E-state index is 12.6. The van der Waals surface area contributed by atoms with E-state index in [4.69, 9.17) is 14.6 Å². The molecule has 2 aromatic rings. The first-order valence-electron chi connectivity index (χ1n) is 8.26. The Bertz CT molecular complexity index is 834. The molecule has 150 valence electrons. The first-order chi connectivity index (χ1) is 13.2. The number of carboxylic acids is 1. The number of carbonyl (C=O) groups excluding carboxylic acids is 1. The summed E-state index contributed by atoms with van der Waals surface area (Å²) in [6, 6.07) is 8.73. The van der Waals surface area contributed by atoms with Crippen molar-refractivity contribution in [1.29, 1.82) is 0 Å². The maximum Gasteiger partial charge on any atom is 0.416 e. The monoisotopic (exact) mass is 397 g/mol. The predicted octanol–water partition coefficient (Wildman–Crippen LogP) is 3.50. The van der Waals surface area contributed by atoms with E-state index in [2.05, 4.69) is 5.32 Å². The van der Waals surface area contributed by atoms with Crippen molar-refractivity contribution in [3.63, 3.8) is 0 Å². The molecular weight excluding hydrogens is 379 g/mol. The van der Waals surface area contributed by atoms with E-state index in [-0.39, 0.29) is 30.2 Å². The largest absolute Gasteiger partial charge is 0.490 e. The maximum absolute atomic E-state index is 12.6. The normalized spacial score (nSPS) is 11.0. The Hall–Kier alpha value is -3.23. The summed E-state index contributed by atoms with van der Waals surface area (Å²) in [4.78, 5) is 22.9. The first-order valence-corrected chi connectivity index (χ1v) is 8.26. The van der Waals surface area contributed by atoms with Crippen LogP contribution in [0.1, 0.15) is 28.4 Å².